The number of aromatic nitrogens is 6. The van der Waals surface area contributed by atoms with E-state index in [-0.39, 0.29) is 38.5 Å². The van der Waals surface area contributed by atoms with E-state index in [1.807, 2.05) is 0 Å². The Labute approximate surface area is 383 Å². The summed E-state index contributed by atoms with van der Waals surface area (Å²) >= 11 is 0. The van der Waals surface area contributed by atoms with E-state index >= 15 is 0 Å². The summed E-state index contributed by atoms with van der Waals surface area (Å²) in [7, 11) is 0. The van der Waals surface area contributed by atoms with Gasteiger partial charge in [-0.25, -0.2) is 9.36 Å². The first-order valence-corrected chi connectivity index (χ1v) is 23.9. The van der Waals surface area contributed by atoms with Gasteiger partial charge in [0.15, 0.2) is 12.6 Å². The Hall–Kier alpha value is -2.32. The SMILES string of the molecule is CCCCCOCC(COCCCCC)OCc1cn(CC2O[C@H](O[C@H]3OC(Cn4cc(COC(COCCCCC)COCCCCC)nn4)[C@@H](O)C(O)C3O)C(O)C(O)[C@@H]2O)nn1. The Morgan fingerprint density at radius 1 is 0.492 bits per heavy atom. The highest BCUT2D eigenvalue weighted by atomic mass is 16.8. The maximum atomic E-state index is 10.9. The van der Waals surface area contributed by atoms with Crippen LogP contribution in [-0.2, 0) is 68.9 Å². The van der Waals surface area contributed by atoms with E-state index in [1.165, 1.54) is 9.36 Å². The number of hydrogen-bond acceptors (Lipinski definition) is 19. The minimum Gasteiger partial charge on any atom is -0.388 e. The number of hydrogen-bond donors (Lipinski definition) is 6. The third-order valence-corrected chi connectivity index (χ3v) is 11.2. The molecule has 2 fully saturated rings. The van der Waals surface area contributed by atoms with Crippen LogP contribution in [0.1, 0.15) is 116 Å². The molecule has 376 valence electrons. The second kappa shape index (κ2) is 31.7. The van der Waals surface area contributed by atoms with Crippen molar-refractivity contribution in [2.45, 2.75) is 205 Å². The molecule has 21 nitrogen and oxygen atoms in total. The molecule has 0 aromatic carbocycles. The van der Waals surface area contributed by atoms with Gasteiger partial charge >= 0.3 is 0 Å². The molecule has 65 heavy (non-hydrogen) atoms. The fourth-order valence-corrected chi connectivity index (χ4v) is 7.22. The lowest BCUT2D eigenvalue weighted by atomic mass is 9.97. The highest BCUT2D eigenvalue weighted by Crippen LogP contribution is 2.29. The van der Waals surface area contributed by atoms with Crippen molar-refractivity contribution < 1.29 is 73.3 Å². The molecule has 0 amide bonds. The van der Waals surface area contributed by atoms with Crippen LogP contribution < -0.4 is 0 Å². The lowest BCUT2D eigenvalue weighted by Crippen LogP contribution is -2.63. The summed E-state index contributed by atoms with van der Waals surface area (Å²) in [5.74, 6) is 0. The van der Waals surface area contributed by atoms with Crippen LogP contribution >= 0.6 is 0 Å². The predicted octanol–water partition coefficient (Wildman–Crippen LogP) is 1.80. The maximum Gasteiger partial charge on any atom is 0.189 e. The average molecular weight is 933 g/mol. The van der Waals surface area contributed by atoms with E-state index in [2.05, 4.69) is 48.3 Å². The van der Waals surface area contributed by atoms with Gasteiger partial charge in [0.1, 0.15) is 72.4 Å². The monoisotopic (exact) mass is 933 g/mol. The number of ether oxygens (including phenoxy) is 9. The molecule has 0 saturated carbocycles. The second-order valence-corrected chi connectivity index (χ2v) is 17.0. The zero-order valence-electron chi connectivity index (χ0n) is 39.1. The van der Waals surface area contributed by atoms with Gasteiger partial charge in [0.25, 0.3) is 0 Å². The lowest BCUT2D eigenvalue weighted by Gasteiger charge is -2.45. The first-order chi connectivity index (χ1) is 31.6. The number of aliphatic hydroxyl groups is 6. The highest BCUT2D eigenvalue weighted by Gasteiger charge is 2.50. The summed E-state index contributed by atoms with van der Waals surface area (Å²) in [4.78, 5) is 0. The van der Waals surface area contributed by atoms with E-state index in [4.69, 9.17) is 42.6 Å². The van der Waals surface area contributed by atoms with Crippen molar-refractivity contribution in [3.8, 4) is 0 Å². The van der Waals surface area contributed by atoms with Crippen LogP contribution in [0.2, 0.25) is 0 Å². The van der Waals surface area contributed by atoms with Crippen LogP contribution in [0.15, 0.2) is 12.4 Å². The molecule has 2 aromatic heterocycles. The number of nitrogens with zero attached hydrogens (tertiary/aromatic N) is 6. The van der Waals surface area contributed by atoms with Crippen LogP contribution in [0.5, 0.6) is 0 Å². The molecule has 0 spiro atoms. The zero-order chi connectivity index (χ0) is 46.8. The van der Waals surface area contributed by atoms with Gasteiger partial charge in [-0.05, 0) is 25.7 Å². The summed E-state index contributed by atoms with van der Waals surface area (Å²) < 4.78 is 56.0. The van der Waals surface area contributed by atoms with E-state index in [0.29, 0.717) is 64.2 Å². The molecule has 21 heteroatoms. The summed E-state index contributed by atoms with van der Waals surface area (Å²) in [6, 6.07) is 0. The number of aliphatic hydroxyl groups excluding tert-OH is 6. The smallest absolute Gasteiger partial charge is 0.189 e. The van der Waals surface area contributed by atoms with Gasteiger partial charge in [-0.1, -0.05) is 89.5 Å². The first-order valence-electron chi connectivity index (χ1n) is 23.9. The van der Waals surface area contributed by atoms with Crippen molar-refractivity contribution in [3.05, 3.63) is 23.8 Å². The largest absolute Gasteiger partial charge is 0.388 e. The lowest BCUT2D eigenvalue weighted by molar-refractivity contribution is -0.375. The summed E-state index contributed by atoms with van der Waals surface area (Å²) in [6.07, 6.45) is -0.592. The Morgan fingerprint density at radius 2 is 0.831 bits per heavy atom. The third-order valence-electron chi connectivity index (χ3n) is 11.2. The van der Waals surface area contributed by atoms with Crippen molar-refractivity contribution in [1.82, 2.24) is 30.0 Å². The molecule has 2 aromatic rings. The Balaban J connectivity index is 1.30. The predicted molar refractivity (Wildman–Crippen MR) is 233 cm³/mol. The molecular formula is C44H80N6O15. The first kappa shape index (κ1) is 55.3. The van der Waals surface area contributed by atoms with Crippen molar-refractivity contribution in [3.63, 3.8) is 0 Å². The van der Waals surface area contributed by atoms with Gasteiger partial charge < -0.3 is 73.3 Å². The highest BCUT2D eigenvalue weighted by molar-refractivity contribution is 4.96. The van der Waals surface area contributed by atoms with Crippen molar-refractivity contribution in [2.75, 3.05) is 52.9 Å². The van der Waals surface area contributed by atoms with Gasteiger partial charge in [0.2, 0.25) is 0 Å². The van der Waals surface area contributed by atoms with E-state index in [1.54, 1.807) is 12.4 Å². The van der Waals surface area contributed by atoms with Gasteiger partial charge in [0.05, 0.1) is 65.1 Å². The molecular weight excluding hydrogens is 853 g/mol. The maximum absolute atomic E-state index is 10.9. The molecule has 0 bridgehead atoms. The molecule has 2 aliphatic rings. The summed E-state index contributed by atoms with van der Waals surface area (Å²) in [5.41, 5.74) is 0.981. The van der Waals surface area contributed by atoms with Crippen molar-refractivity contribution in [2.24, 2.45) is 0 Å². The molecule has 4 rings (SSSR count). The molecule has 6 N–H and O–H groups in total. The Morgan fingerprint density at radius 3 is 1.15 bits per heavy atom. The van der Waals surface area contributed by atoms with Crippen LogP contribution in [0.3, 0.4) is 0 Å². The second-order valence-electron chi connectivity index (χ2n) is 17.0. The minimum absolute atomic E-state index is 0.113. The normalized spacial score (nSPS) is 26.2. The molecule has 2 saturated heterocycles. The Kier molecular flexibility index (Phi) is 26.9. The number of rotatable bonds is 36. The van der Waals surface area contributed by atoms with Crippen molar-refractivity contribution >= 4 is 0 Å². The molecule has 0 radical (unpaired) electrons. The third kappa shape index (κ3) is 19.7. The molecule has 10 atom stereocenters. The van der Waals surface area contributed by atoms with Gasteiger partial charge in [0, 0.05) is 26.4 Å². The topological polar surface area (TPSA) is 266 Å². The number of unbranched alkanes of at least 4 members (excludes halogenated alkanes) is 8. The van der Waals surface area contributed by atoms with Crippen LogP contribution in [-0.4, -0.2) is 187 Å². The average Bonchev–Trinajstić information content (AvgIpc) is 3.96. The standard InChI is InChI=1S/C44H80N6O15/c1-5-9-13-17-57-27-33(28-58-18-14-10-6-2)61-25-31-21-49(47-45-31)23-35-37(51)39(53)41(55)43(63-35)65-44-42(56)40(54)38(52)36(64-44)24-50-22-32(46-48-50)26-62-34(29-59-19-15-11-7-3)30-60-20-16-12-8-4/h21-22,33-44,51-56H,5-20,23-30H2,1-4H3/t35?,36?,37-,38-,39?,40?,41?,42?,43-,44-/m1/s1. The fraction of sp³-hybridized carbons (Fsp3) is 0.909. The molecule has 0 aliphatic carbocycles. The van der Waals surface area contributed by atoms with Crippen LogP contribution in [0, 0.1) is 0 Å². The summed E-state index contributed by atoms with van der Waals surface area (Å²) in [6.45, 7) is 12.6. The van der Waals surface area contributed by atoms with Crippen LogP contribution in [0.4, 0.5) is 0 Å². The minimum atomic E-state index is -1.78. The molecule has 2 aliphatic heterocycles. The zero-order valence-corrected chi connectivity index (χ0v) is 39.1. The van der Waals surface area contributed by atoms with Gasteiger partial charge in [-0.15, -0.1) is 10.2 Å². The molecule has 6 unspecified atom stereocenters. The van der Waals surface area contributed by atoms with Crippen molar-refractivity contribution in [1.29, 1.82) is 0 Å². The summed E-state index contributed by atoms with van der Waals surface area (Å²) in [5, 5.41) is 81.9. The van der Waals surface area contributed by atoms with Crippen LogP contribution in [0.25, 0.3) is 0 Å². The molecule has 4 heterocycles. The van der Waals surface area contributed by atoms with E-state index in [9.17, 15) is 30.6 Å². The quantitative estimate of drug-likeness (QED) is 0.0532. The van der Waals surface area contributed by atoms with Gasteiger partial charge in [-0.2, -0.15) is 0 Å². The van der Waals surface area contributed by atoms with E-state index in [0.717, 1.165) is 77.0 Å². The van der Waals surface area contributed by atoms with Gasteiger partial charge in [-0.3, -0.25) is 0 Å². The van der Waals surface area contributed by atoms with E-state index < -0.39 is 61.4 Å². The Bertz CT molecular complexity index is 1360. The fourth-order valence-electron chi connectivity index (χ4n) is 7.22.